The third-order valence-corrected chi connectivity index (χ3v) is 3.89. The SMILES string of the molecule is CC(C)(C)OC(=O)N1CCN(c2nc(C(F)(F)F)cs2)CC1. The van der Waals surface area contributed by atoms with Gasteiger partial charge < -0.3 is 14.5 Å². The molecule has 2 rings (SSSR count). The Labute approximate surface area is 130 Å². The van der Waals surface area contributed by atoms with Crippen molar-refractivity contribution in [1.29, 1.82) is 0 Å². The maximum absolute atomic E-state index is 12.6. The lowest BCUT2D eigenvalue weighted by Crippen LogP contribution is -2.50. The number of rotatable bonds is 1. The zero-order valence-electron chi connectivity index (χ0n) is 12.6. The Morgan fingerprint density at radius 3 is 2.27 bits per heavy atom. The molecule has 124 valence electrons. The number of alkyl halides is 3. The standard InChI is InChI=1S/C13H18F3N3O2S/c1-12(2,3)21-11(20)19-6-4-18(5-7-19)10-17-9(8-22-10)13(14,15)16/h8H,4-7H2,1-3H3. The van der Waals surface area contributed by atoms with Gasteiger partial charge in [0.05, 0.1) is 0 Å². The van der Waals surface area contributed by atoms with Gasteiger partial charge >= 0.3 is 12.3 Å². The smallest absolute Gasteiger partial charge is 0.434 e. The van der Waals surface area contributed by atoms with Gasteiger partial charge in [-0.15, -0.1) is 11.3 Å². The van der Waals surface area contributed by atoms with Crippen LogP contribution in [0.5, 0.6) is 0 Å². The molecule has 1 aromatic rings. The Bertz CT molecular complexity index is 531. The van der Waals surface area contributed by atoms with E-state index in [4.69, 9.17) is 4.74 Å². The van der Waals surface area contributed by atoms with Crippen molar-refractivity contribution in [2.75, 3.05) is 31.1 Å². The highest BCUT2D eigenvalue weighted by Gasteiger charge is 2.35. The monoisotopic (exact) mass is 337 g/mol. The second-order valence-corrected chi connectivity index (χ2v) is 6.80. The maximum atomic E-state index is 12.6. The number of ether oxygens (including phenoxy) is 1. The summed E-state index contributed by atoms with van der Waals surface area (Å²) >= 11 is 0.963. The van der Waals surface area contributed by atoms with Gasteiger partial charge in [-0.05, 0) is 20.8 Å². The minimum atomic E-state index is -4.42. The van der Waals surface area contributed by atoms with E-state index in [9.17, 15) is 18.0 Å². The molecule has 22 heavy (non-hydrogen) atoms. The highest BCUT2D eigenvalue weighted by atomic mass is 32.1. The molecular weight excluding hydrogens is 319 g/mol. The largest absolute Gasteiger partial charge is 0.444 e. The summed E-state index contributed by atoms with van der Waals surface area (Å²) in [6, 6.07) is 0. The fraction of sp³-hybridized carbons (Fsp3) is 0.692. The van der Waals surface area contributed by atoms with Crippen molar-refractivity contribution >= 4 is 22.6 Å². The summed E-state index contributed by atoms with van der Waals surface area (Å²) in [6.07, 6.45) is -4.82. The highest BCUT2D eigenvalue weighted by molar-refractivity contribution is 7.13. The number of nitrogens with zero attached hydrogens (tertiary/aromatic N) is 3. The molecule has 1 saturated heterocycles. The van der Waals surface area contributed by atoms with Crippen molar-refractivity contribution in [1.82, 2.24) is 9.88 Å². The van der Waals surface area contributed by atoms with E-state index >= 15 is 0 Å². The van der Waals surface area contributed by atoms with Crippen LogP contribution in [0.25, 0.3) is 0 Å². The van der Waals surface area contributed by atoms with Gasteiger partial charge in [-0.25, -0.2) is 9.78 Å². The summed E-state index contributed by atoms with van der Waals surface area (Å²) in [5.41, 5.74) is -1.44. The van der Waals surface area contributed by atoms with Crippen molar-refractivity contribution < 1.29 is 22.7 Å². The van der Waals surface area contributed by atoms with Crippen molar-refractivity contribution in [2.24, 2.45) is 0 Å². The predicted octanol–water partition coefficient (Wildman–Crippen LogP) is 3.22. The molecule has 0 aliphatic carbocycles. The molecule has 1 aliphatic heterocycles. The van der Waals surface area contributed by atoms with Gasteiger partial charge in [0.2, 0.25) is 0 Å². The number of carbonyl (C=O) groups is 1. The second kappa shape index (κ2) is 5.94. The third kappa shape index (κ3) is 4.25. The Hall–Kier alpha value is -1.51. The molecule has 1 aromatic heterocycles. The first-order valence-corrected chi connectivity index (χ1v) is 7.70. The molecule has 0 bridgehead atoms. The van der Waals surface area contributed by atoms with E-state index in [1.165, 1.54) is 0 Å². The van der Waals surface area contributed by atoms with Crippen molar-refractivity contribution in [3.05, 3.63) is 11.1 Å². The lowest BCUT2D eigenvalue weighted by molar-refractivity contribution is -0.140. The zero-order chi connectivity index (χ0) is 16.5. The Morgan fingerprint density at radius 1 is 1.23 bits per heavy atom. The number of anilines is 1. The normalized spacial score (nSPS) is 16.8. The summed E-state index contributed by atoms with van der Waals surface area (Å²) in [6.45, 7) is 7.03. The molecule has 5 nitrogen and oxygen atoms in total. The number of carbonyl (C=O) groups excluding carboxylic acids is 1. The van der Waals surface area contributed by atoms with Gasteiger partial charge in [0, 0.05) is 31.6 Å². The van der Waals surface area contributed by atoms with Crippen LogP contribution in [0.4, 0.5) is 23.1 Å². The molecule has 0 radical (unpaired) electrons. The molecule has 2 heterocycles. The van der Waals surface area contributed by atoms with Crippen LogP contribution in [0, 0.1) is 0 Å². The zero-order valence-corrected chi connectivity index (χ0v) is 13.4. The summed E-state index contributed by atoms with van der Waals surface area (Å²) < 4.78 is 42.9. The van der Waals surface area contributed by atoms with E-state index in [0.29, 0.717) is 31.3 Å². The van der Waals surface area contributed by atoms with Gasteiger partial charge in [-0.3, -0.25) is 0 Å². The predicted molar refractivity (Wildman–Crippen MR) is 77.1 cm³/mol. The van der Waals surface area contributed by atoms with Gasteiger partial charge in [0.15, 0.2) is 10.8 Å². The maximum Gasteiger partial charge on any atom is 0.434 e. The molecule has 9 heteroatoms. The molecule has 0 unspecified atom stereocenters. The Kier molecular flexibility index (Phi) is 4.55. The topological polar surface area (TPSA) is 45.7 Å². The first kappa shape index (κ1) is 16.9. The molecule has 0 spiro atoms. The average molecular weight is 337 g/mol. The quantitative estimate of drug-likeness (QED) is 0.789. The van der Waals surface area contributed by atoms with E-state index in [1.54, 1.807) is 30.6 Å². The summed E-state index contributed by atoms with van der Waals surface area (Å²) in [5, 5.41) is 1.34. The van der Waals surface area contributed by atoms with E-state index in [1.807, 2.05) is 0 Å². The molecule has 1 aliphatic rings. The summed E-state index contributed by atoms with van der Waals surface area (Å²) in [7, 11) is 0. The van der Waals surface area contributed by atoms with Crippen LogP contribution in [0.1, 0.15) is 26.5 Å². The second-order valence-electron chi connectivity index (χ2n) is 5.97. The van der Waals surface area contributed by atoms with E-state index in [-0.39, 0.29) is 0 Å². The highest BCUT2D eigenvalue weighted by Crippen LogP contribution is 2.33. The summed E-state index contributed by atoms with van der Waals surface area (Å²) in [4.78, 5) is 18.8. The fourth-order valence-electron chi connectivity index (χ4n) is 1.95. The third-order valence-electron chi connectivity index (χ3n) is 2.98. The van der Waals surface area contributed by atoms with Crippen LogP contribution < -0.4 is 4.90 Å². The van der Waals surface area contributed by atoms with Gasteiger partial charge in [0.25, 0.3) is 0 Å². The van der Waals surface area contributed by atoms with Crippen molar-refractivity contribution in [3.8, 4) is 0 Å². The molecule has 0 atom stereocenters. The summed E-state index contributed by atoms with van der Waals surface area (Å²) in [5.74, 6) is 0. The molecular formula is C13H18F3N3O2S. The number of thiazole rings is 1. The lowest BCUT2D eigenvalue weighted by Gasteiger charge is -2.35. The van der Waals surface area contributed by atoms with E-state index in [2.05, 4.69) is 4.98 Å². The first-order valence-electron chi connectivity index (χ1n) is 6.82. The minimum absolute atomic E-state index is 0.330. The Morgan fingerprint density at radius 2 is 1.82 bits per heavy atom. The minimum Gasteiger partial charge on any atom is -0.444 e. The fourth-order valence-corrected chi connectivity index (χ4v) is 2.83. The van der Waals surface area contributed by atoms with Crippen LogP contribution in [0.3, 0.4) is 0 Å². The number of aromatic nitrogens is 1. The molecule has 0 N–H and O–H groups in total. The lowest BCUT2D eigenvalue weighted by atomic mass is 10.2. The molecule has 1 amide bonds. The first-order chi connectivity index (χ1) is 10.1. The van der Waals surface area contributed by atoms with Crippen molar-refractivity contribution in [3.63, 3.8) is 0 Å². The van der Waals surface area contributed by atoms with E-state index < -0.39 is 23.6 Å². The van der Waals surface area contributed by atoms with Crippen LogP contribution in [-0.2, 0) is 10.9 Å². The van der Waals surface area contributed by atoms with Crippen LogP contribution in [0.2, 0.25) is 0 Å². The van der Waals surface area contributed by atoms with Crippen molar-refractivity contribution in [2.45, 2.75) is 32.5 Å². The molecule has 0 aromatic carbocycles. The molecule has 0 saturated carbocycles. The van der Waals surface area contributed by atoms with Gasteiger partial charge in [0.1, 0.15) is 5.60 Å². The number of amides is 1. The Balaban J connectivity index is 1.92. The van der Waals surface area contributed by atoms with Crippen LogP contribution in [0.15, 0.2) is 5.38 Å². The van der Waals surface area contributed by atoms with E-state index in [0.717, 1.165) is 16.7 Å². The van der Waals surface area contributed by atoms with Crippen LogP contribution >= 0.6 is 11.3 Å². The molecule has 1 fully saturated rings. The number of piperazine rings is 1. The van der Waals surface area contributed by atoms with Crippen LogP contribution in [-0.4, -0.2) is 47.8 Å². The average Bonchev–Trinajstić information content (AvgIpc) is 2.86. The number of halogens is 3. The number of hydrogen-bond acceptors (Lipinski definition) is 5. The number of hydrogen-bond donors (Lipinski definition) is 0. The van der Waals surface area contributed by atoms with Gasteiger partial charge in [-0.2, -0.15) is 13.2 Å². The van der Waals surface area contributed by atoms with Gasteiger partial charge in [-0.1, -0.05) is 0 Å².